The molecule has 0 spiro atoms. The average molecular weight is 627 g/mol. The Labute approximate surface area is 271 Å². The summed E-state index contributed by atoms with van der Waals surface area (Å²) >= 11 is 0. The molecule has 7 nitrogen and oxygen atoms in total. The number of nitrogens with zero attached hydrogens (tertiary/aromatic N) is 4. The summed E-state index contributed by atoms with van der Waals surface area (Å²) in [5, 5.41) is 5.15. The molecule has 0 aliphatic heterocycles. The molecule has 3 N–H and O–H groups in total. The predicted molar refractivity (Wildman–Crippen MR) is 184 cm³/mol. The van der Waals surface area contributed by atoms with E-state index in [4.69, 9.17) is 10.5 Å². The zero-order valence-electron chi connectivity index (χ0n) is 26.1. The van der Waals surface area contributed by atoms with Crippen molar-refractivity contribution in [2.45, 2.75) is 20.4 Å². The fourth-order valence-electron chi connectivity index (χ4n) is 5.36. The number of nitrogens with one attached hydrogen (secondary N) is 1. The van der Waals surface area contributed by atoms with Crippen molar-refractivity contribution in [3.05, 3.63) is 138 Å². The number of methoxy groups -OCH3 is 1. The van der Waals surface area contributed by atoms with Crippen LogP contribution in [0.25, 0.3) is 44.6 Å². The number of hydrogen-bond acceptors (Lipinski definition) is 7. The van der Waals surface area contributed by atoms with Gasteiger partial charge in [-0.2, -0.15) is 0 Å². The summed E-state index contributed by atoms with van der Waals surface area (Å²) in [7, 11) is 1.65. The van der Waals surface area contributed by atoms with Crippen LogP contribution >= 0.6 is 0 Å². The minimum atomic E-state index is -0.324. The lowest BCUT2D eigenvalue weighted by atomic mass is 10.0. The number of halogens is 2. The summed E-state index contributed by atoms with van der Waals surface area (Å²) in [6, 6.07) is 28.3. The fourth-order valence-corrected chi connectivity index (χ4v) is 5.36. The maximum absolute atomic E-state index is 13.8. The van der Waals surface area contributed by atoms with Gasteiger partial charge >= 0.3 is 0 Å². The van der Waals surface area contributed by atoms with E-state index in [2.05, 4.69) is 25.3 Å². The van der Waals surface area contributed by atoms with E-state index in [1.54, 1.807) is 31.6 Å². The van der Waals surface area contributed by atoms with Gasteiger partial charge in [0.1, 0.15) is 17.4 Å². The molecule has 7 aromatic rings. The van der Waals surface area contributed by atoms with E-state index in [-0.39, 0.29) is 11.6 Å². The summed E-state index contributed by atoms with van der Waals surface area (Å²) in [5.74, 6) is 0.189. The first-order valence-corrected chi connectivity index (χ1v) is 15.0. The van der Waals surface area contributed by atoms with E-state index < -0.39 is 0 Å². The monoisotopic (exact) mass is 626 g/mol. The zero-order valence-corrected chi connectivity index (χ0v) is 26.1. The number of nitrogens with two attached hydrogens (primary N) is 1. The van der Waals surface area contributed by atoms with Crippen molar-refractivity contribution in [1.29, 1.82) is 0 Å². The number of ether oxygens (including phenoxy) is 1. The van der Waals surface area contributed by atoms with Crippen LogP contribution in [0.15, 0.2) is 109 Å². The molecule has 0 amide bonds. The van der Waals surface area contributed by atoms with Crippen LogP contribution in [0, 0.1) is 25.5 Å². The molecule has 9 heteroatoms. The van der Waals surface area contributed by atoms with E-state index in [1.165, 1.54) is 24.3 Å². The van der Waals surface area contributed by atoms with Crippen LogP contribution in [0.3, 0.4) is 0 Å². The van der Waals surface area contributed by atoms with Gasteiger partial charge in [0.25, 0.3) is 0 Å². The third-order valence-corrected chi connectivity index (χ3v) is 7.88. The number of benzene rings is 3. The molecule has 3 aromatic carbocycles. The first-order valence-electron chi connectivity index (χ1n) is 15.0. The Hall–Kier alpha value is -5.96. The second kappa shape index (κ2) is 13.6. The van der Waals surface area contributed by atoms with Gasteiger partial charge in [0, 0.05) is 64.3 Å². The number of hydrogen-bond donors (Lipinski definition) is 2. The zero-order chi connectivity index (χ0) is 32.9. The minimum absolute atomic E-state index is 0.308. The van der Waals surface area contributed by atoms with Crippen LogP contribution in [0.5, 0.6) is 5.75 Å². The summed E-state index contributed by atoms with van der Waals surface area (Å²) in [5.41, 5.74) is 14.7. The summed E-state index contributed by atoms with van der Waals surface area (Å²) in [6.07, 6.45) is 3.43. The first kappa shape index (κ1) is 31.0. The first-order chi connectivity index (χ1) is 22.8. The van der Waals surface area contributed by atoms with Crippen LogP contribution in [0.2, 0.25) is 0 Å². The maximum Gasteiger partial charge on any atom is 0.125 e. The van der Waals surface area contributed by atoms with Crippen LogP contribution in [-0.4, -0.2) is 27.0 Å². The lowest BCUT2D eigenvalue weighted by Crippen LogP contribution is -2.05. The minimum Gasteiger partial charge on any atom is -0.497 e. The SMILES string of the molecule is COc1ccc(CNc2c(C)c(-c3ccccn3)nc3cc(F)ccc23)cc1.Cc1c(-c2ccccn2)nc2cc(F)ccc2c1N. The lowest BCUT2D eigenvalue weighted by Gasteiger charge is -2.16. The number of nitrogen functional groups attached to an aromatic ring is 1. The Morgan fingerprint density at radius 2 is 1.23 bits per heavy atom. The molecule has 0 aliphatic rings. The molecule has 0 aliphatic carbocycles. The normalized spacial score (nSPS) is 10.8. The summed E-state index contributed by atoms with van der Waals surface area (Å²) < 4.78 is 32.4. The van der Waals surface area contributed by atoms with Crippen LogP contribution in [-0.2, 0) is 6.54 Å². The van der Waals surface area contributed by atoms with Crippen molar-refractivity contribution in [1.82, 2.24) is 19.9 Å². The van der Waals surface area contributed by atoms with Gasteiger partial charge < -0.3 is 15.8 Å². The topological polar surface area (TPSA) is 98.8 Å². The molecule has 4 aromatic heterocycles. The van der Waals surface area contributed by atoms with E-state index >= 15 is 0 Å². The molecular formula is C38H32F2N6O. The van der Waals surface area contributed by atoms with E-state index in [9.17, 15) is 8.78 Å². The standard InChI is InChI=1S/C23H20FN3O.C15H12FN3/c1-15-22(26-14-16-6-9-18(28-2)10-7-16)19-11-8-17(24)13-21(19)27-23(15)20-5-3-4-12-25-20;1-9-14(17)11-6-5-10(16)8-13(11)19-15(9)12-4-2-3-7-18-12/h3-13H,14H2,1-2H3,(H,26,27);2-8H,1H3,(H2,17,19). The lowest BCUT2D eigenvalue weighted by molar-refractivity contribution is 0.414. The highest BCUT2D eigenvalue weighted by atomic mass is 19.1. The van der Waals surface area contributed by atoms with Crippen molar-refractivity contribution in [2.75, 3.05) is 18.2 Å². The summed E-state index contributed by atoms with van der Waals surface area (Å²) in [6.45, 7) is 4.54. The Morgan fingerprint density at radius 1 is 0.681 bits per heavy atom. The molecule has 0 saturated carbocycles. The Morgan fingerprint density at radius 3 is 1.79 bits per heavy atom. The number of fused-ring (bicyclic) bond motifs is 2. The highest BCUT2D eigenvalue weighted by molar-refractivity contribution is 5.96. The molecule has 0 unspecified atom stereocenters. The Bertz CT molecular complexity index is 2180. The van der Waals surface area contributed by atoms with E-state index in [1.807, 2.05) is 74.5 Å². The number of aromatic nitrogens is 4. The van der Waals surface area contributed by atoms with Gasteiger partial charge in [0.05, 0.1) is 40.9 Å². The van der Waals surface area contributed by atoms with Crippen LogP contribution in [0.1, 0.15) is 16.7 Å². The van der Waals surface area contributed by atoms with Gasteiger partial charge in [-0.05, 0) is 80.1 Å². The van der Waals surface area contributed by atoms with Crippen molar-refractivity contribution in [3.8, 4) is 28.5 Å². The smallest absolute Gasteiger partial charge is 0.125 e. The molecule has 0 radical (unpaired) electrons. The molecule has 7 rings (SSSR count). The molecule has 0 bridgehead atoms. The van der Waals surface area contributed by atoms with Crippen LogP contribution < -0.4 is 15.8 Å². The quantitative estimate of drug-likeness (QED) is 0.191. The highest BCUT2D eigenvalue weighted by Gasteiger charge is 2.15. The number of pyridine rings is 4. The molecule has 47 heavy (non-hydrogen) atoms. The van der Waals surface area contributed by atoms with Gasteiger partial charge in [0.15, 0.2) is 0 Å². The van der Waals surface area contributed by atoms with Crippen LogP contribution in [0.4, 0.5) is 20.2 Å². The second-order valence-electron chi connectivity index (χ2n) is 10.9. The molecule has 4 heterocycles. The Kier molecular flexibility index (Phi) is 8.97. The van der Waals surface area contributed by atoms with Crippen molar-refractivity contribution < 1.29 is 13.5 Å². The largest absolute Gasteiger partial charge is 0.497 e. The van der Waals surface area contributed by atoms with Gasteiger partial charge in [-0.15, -0.1) is 0 Å². The molecular weight excluding hydrogens is 594 g/mol. The van der Waals surface area contributed by atoms with E-state index in [0.717, 1.165) is 56.0 Å². The Balaban J connectivity index is 0.000000177. The maximum atomic E-state index is 13.8. The summed E-state index contributed by atoms with van der Waals surface area (Å²) in [4.78, 5) is 17.9. The average Bonchev–Trinajstić information content (AvgIpc) is 3.10. The molecule has 234 valence electrons. The third kappa shape index (κ3) is 6.69. The fraction of sp³-hybridized carbons (Fsp3) is 0.105. The van der Waals surface area contributed by atoms with Gasteiger partial charge in [0.2, 0.25) is 0 Å². The van der Waals surface area contributed by atoms with Gasteiger partial charge in [-0.25, -0.2) is 18.7 Å². The molecule has 0 fully saturated rings. The van der Waals surface area contributed by atoms with Gasteiger partial charge in [-0.3, -0.25) is 9.97 Å². The van der Waals surface area contributed by atoms with Crippen molar-refractivity contribution in [3.63, 3.8) is 0 Å². The predicted octanol–water partition coefficient (Wildman–Crippen LogP) is 8.69. The molecule has 0 atom stereocenters. The van der Waals surface area contributed by atoms with E-state index in [0.29, 0.717) is 29.0 Å². The highest BCUT2D eigenvalue weighted by Crippen LogP contribution is 2.34. The van der Waals surface area contributed by atoms with Gasteiger partial charge in [-0.1, -0.05) is 24.3 Å². The number of rotatable bonds is 6. The second-order valence-corrected chi connectivity index (χ2v) is 10.9. The van der Waals surface area contributed by atoms with Crippen molar-refractivity contribution >= 4 is 33.2 Å². The third-order valence-electron chi connectivity index (χ3n) is 7.88. The molecule has 0 saturated heterocycles. The number of anilines is 2. The van der Waals surface area contributed by atoms with Crippen molar-refractivity contribution in [2.24, 2.45) is 0 Å².